The zero-order valence-corrected chi connectivity index (χ0v) is 29.2. The van der Waals surface area contributed by atoms with Crippen molar-refractivity contribution < 1.29 is 50.0 Å². The van der Waals surface area contributed by atoms with E-state index in [9.17, 15) is 40.5 Å². The Balaban J connectivity index is 2.69. The summed E-state index contributed by atoms with van der Waals surface area (Å²) in [4.78, 5) is 12.9. The third kappa shape index (κ3) is 18.7. The summed E-state index contributed by atoms with van der Waals surface area (Å²) in [6, 6.07) is -1.22. The Morgan fingerprint density at radius 3 is 2.10 bits per heavy atom. The number of rotatable bonds is 27. The summed E-state index contributed by atoms with van der Waals surface area (Å²) >= 11 is 0. The van der Waals surface area contributed by atoms with Crippen LogP contribution in [0.5, 0.6) is 0 Å². The number of aliphatic hydroxyl groups excluding tert-OH is 7. The van der Waals surface area contributed by atoms with Crippen LogP contribution < -0.4 is 5.32 Å². The molecule has 9 unspecified atom stereocenters. The number of ether oxygens (including phenoxy) is 2. The number of carbonyl (C=O) groups is 1. The van der Waals surface area contributed by atoms with Crippen LogP contribution in [-0.4, -0.2) is 110 Å². The lowest BCUT2D eigenvalue weighted by atomic mass is 9.99. The first kappa shape index (κ1) is 44.1. The van der Waals surface area contributed by atoms with Crippen molar-refractivity contribution in [3.63, 3.8) is 0 Å². The first-order valence-corrected chi connectivity index (χ1v) is 18.0. The quantitative estimate of drug-likeness (QED) is 0.0470. The Labute approximate surface area is 288 Å². The highest BCUT2D eigenvalue weighted by Crippen LogP contribution is 2.22. The fourth-order valence-corrected chi connectivity index (χ4v) is 5.27. The van der Waals surface area contributed by atoms with Crippen molar-refractivity contribution >= 4 is 5.91 Å². The number of aliphatic hydroxyl groups is 7. The van der Waals surface area contributed by atoms with E-state index >= 15 is 0 Å². The molecule has 1 amide bonds. The summed E-state index contributed by atoms with van der Waals surface area (Å²) in [6.45, 7) is 3.17. The van der Waals surface area contributed by atoms with Gasteiger partial charge in [0, 0.05) is 6.42 Å². The van der Waals surface area contributed by atoms with Gasteiger partial charge in [0.25, 0.3) is 0 Å². The van der Waals surface area contributed by atoms with Crippen molar-refractivity contribution in [3.05, 3.63) is 48.6 Å². The van der Waals surface area contributed by atoms with Crippen LogP contribution in [0.4, 0.5) is 0 Å². The molecule has 0 saturated carbocycles. The lowest BCUT2D eigenvalue weighted by molar-refractivity contribution is -0.303. The van der Waals surface area contributed by atoms with Crippen molar-refractivity contribution in [2.24, 2.45) is 0 Å². The molecule has 0 aromatic carbocycles. The van der Waals surface area contributed by atoms with Gasteiger partial charge in [-0.3, -0.25) is 4.79 Å². The predicted octanol–water partition coefficient (Wildman–Crippen LogP) is 3.49. The number of nitrogens with one attached hydrogen (secondary N) is 1. The monoisotopic (exact) mass is 683 g/mol. The van der Waals surface area contributed by atoms with Crippen LogP contribution in [0, 0.1) is 0 Å². The average Bonchev–Trinajstić information content (AvgIpc) is 3.08. The van der Waals surface area contributed by atoms with Gasteiger partial charge < -0.3 is 50.5 Å². The molecule has 11 nitrogen and oxygen atoms in total. The minimum absolute atomic E-state index is 0.0383. The molecule has 1 fully saturated rings. The number of hydrogen-bond acceptors (Lipinski definition) is 10. The molecule has 1 heterocycles. The topological polar surface area (TPSA) is 189 Å². The van der Waals surface area contributed by atoms with Crippen molar-refractivity contribution in [1.29, 1.82) is 0 Å². The third-order valence-corrected chi connectivity index (χ3v) is 8.35. The van der Waals surface area contributed by atoms with Gasteiger partial charge in [-0.15, -0.1) is 0 Å². The molecule has 278 valence electrons. The van der Waals surface area contributed by atoms with Crippen molar-refractivity contribution in [2.45, 2.75) is 165 Å². The van der Waals surface area contributed by atoms with Crippen LogP contribution in [0.1, 0.15) is 110 Å². The number of carbonyl (C=O) groups excluding carboxylic acids is 1. The standard InChI is InChI=1S/C37H65NO10/c1-3-5-7-9-11-13-14-15-17-19-21-23-25-30(41)36(46)38-28(27-47-37-35(45)34(44)33(43)31(26-39)48-37)32(42)29(40)24-22-20-18-16-12-10-8-6-4-2/h6,8,15-18,21,23,28-35,37,39-45H,3-5,7,9-14,19-20,22,24-27H2,1-2H3,(H,38,46)/b8-6+,17-15-,18-16+,23-21-. The Hall–Kier alpha value is -1.93. The summed E-state index contributed by atoms with van der Waals surface area (Å²) < 4.78 is 10.9. The van der Waals surface area contributed by atoms with Gasteiger partial charge in [0.1, 0.15) is 36.6 Å². The molecule has 0 spiro atoms. The number of amides is 1. The van der Waals surface area contributed by atoms with Gasteiger partial charge in [0.05, 0.1) is 25.4 Å². The molecule has 0 radical (unpaired) electrons. The van der Waals surface area contributed by atoms with Gasteiger partial charge in [-0.05, 0) is 57.8 Å². The fourth-order valence-electron chi connectivity index (χ4n) is 5.27. The first-order valence-electron chi connectivity index (χ1n) is 18.0. The van der Waals surface area contributed by atoms with Crippen LogP contribution in [0.3, 0.4) is 0 Å². The van der Waals surface area contributed by atoms with Crippen molar-refractivity contribution in [2.75, 3.05) is 13.2 Å². The summed E-state index contributed by atoms with van der Waals surface area (Å²) in [5, 5.41) is 74.7. The SMILES string of the molecule is CC/C=C/CC/C=C/CCCC(O)C(O)C(COC1OC(CO)C(O)C(O)C1O)NC(=O)C(O)C/C=C\C/C=C\CCCCCCCC. The number of unbranched alkanes of at least 4 members (excludes halogenated alkanes) is 8. The van der Waals surface area contributed by atoms with Crippen LogP contribution in [0.15, 0.2) is 48.6 Å². The van der Waals surface area contributed by atoms with Gasteiger partial charge in [0.2, 0.25) is 5.91 Å². The van der Waals surface area contributed by atoms with Gasteiger partial charge in [0.15, 0.2) is 6.29 Å². The normalized spacial score (nSPS) is 24.6. The number of allylic oxidation sites excluding steroid dienone is 7. The molecule has 1 rings (SSSR count). The van der Waals surface area contributed by atoms with E-state index in [-0.39, 0.29) is 12.8 Å². The van der Waals surface area contributed by atoms with Gasteiger partial charge in [-0.1, -0.05) is 94.6 Å². The van der Waals surface area contributed by atoms with E-state index < -0.39 is 74.2 Å². The first-order chi connectivity index (χ1) is 23.2. The third-order valence-electron chi connectivity index (χ3n) is 8.35. The fraction of sp³-hybridized carbons (Fsp3) is 0.757. The second-order valence-electron chi connectivity index (χ2n) is 12.5. The second-order valence-corrected chi connectivity index (χ2v) is 12.5. The molecule has 8 N–H and O–H groups in total. The summed E-state index contributed by atoms with van der Waals surface area (Å²) in [5.74, 6) is -0.785. The molecular formula is C37H65NO10. The maximum atomic E-state index is 12.9. The van der Waals surface area contributed by atoms with E-state index in [0.29, 0.717) is 19.3 Å². The summed E-state index contributed by atoms with van der Waals surface area (Å²) in [7, 11) is 0. The largest absolute Gasteiger partial charge is 0.394 e. The smallest absolute Gasteiger partial charge is 0.249 e. The lowest BCUT2D eigenvalue weighted by Gasteiger charge is -2.40. The minimum atomic E-state index is -1.68. The highest BCUT2D eigenvalue weighted by molar-refractivity contribution is 5.81. The molecule has 48 heavy (non-hydrogen) atoms. The van der Waals surface area contributed by atoms with Gasteiger partial charge in [-0.25, -0.2) is 0 Å². The van der Waals surface area contributed by atoms with Crippen molar-refractivity contribution in [1.82, 2.24) is 5.32 Å². The van der Waals surface area contributed by atoms with E-state index in [0.717, 1.165) is 25.7 Å². The Kier molecular flexibility index (Phi) is 25.6. The molecule has 1 aliphatic rings. The molecular weight excluding hydrogens is 618 g/mol. The molecule has 0 aromatic rings. The van der Waals surface area contributed by atoms with E-state index in [1.54, 1.807) is 6.08 Å². The maximum Gasteiger partial charge on any atom is 0.249 e. The van der Waals surface area contributed by atoms with Crippen LogP contribution in [0.25, 0.3) is 0 Å². The Morgan fingerprint density at radius 2 is 1.40 bits per heavy atom. The van der Waals surface area contributed by atoms with Crippen LogP contribution >= 0.6 is 0 Å². The molecule has 0 aromatic heterocycles. The molecule has 9 atom stereocenters. The summed E-state index contributed by atoms with van der Waals surface area (Å²) in [5.41, 5.74) is 0. The highest BCUT2D eigenvalue weighted by Gasteiger charge is 2.44. The molecule has 1 saturated heterocycles. The molecule has 0 aliphatic carbocycles. The molecule has 0 bridgehead atoms. The zero-order valence-electron chi connectivity index (χ0n) is 29.2. The minimum Gasteiger partial charge on any atom is -0.394 e. The zero-order chi connectivity index (χ0) is 35.6. The summed E-state index contributed by atoms with van der Waals surface area (Å²) in [6.07, 6.45) is 17.9. The van der Waals surface area contributed by atoms with E-state index in [1.807, 2.05) is 12.2 Å². The van der Waals surface area contributed by atoms with Gasteiger partial charge in [-0.2, -0.15) is 0 Å². The second kappa shape index (κ2) is 27.8. The van der Waals surface area contributed by atoms with Crippen molar-refractivity contribution in [3.8, 4) is 0 Å². The lowest BCUT2D eigenvalue weighted by Crippen LogP contribution is -2.60. The Morgan fingerprint density at radius 1 is 0.771 bits per heavy atom. The van der Waals surface area contributed by atoms with Crippen LogP contribution in [-0.2, 0) is 14.3 Å². The van der Waals surface area contributed by atoms with Crippen LogP contribution in [0.2, 0.25) is 0 Å². The van der Waals surface area contributed by atoms with E-state index in [2.05, 4.69) is 49.5 Å². The molecule has 1 aliphatic heterocycles. The van der Waals surface area contributed by atoms with E-state index in [1.165, 1.54) is 38.5 Å². The maximum absolute atomic E-state index is 12.9. The highest BCUT2D eigenvalue weighted by atomic mass is 16.7. The Bertz CT molecular complexity index is 924. The number of hydrogen-bond donors (Lipinski definition) is 8. The molecule has 11 heteroatoms. The average molecular weight is 684 g/mol. The predicted molar refractivity (Wildman–Crippen MR) is 187 cm³/mol. The van der Waals surface area contributed by atoms with Gasteiger partial charge >= 0.3 is 0 Å². The van der Waals surface area contributed by atoms with E-state index in [4.69, 9.17) is 9.47 Å².